The Morgan fingerprint density at radius 2 is 2.00 bits per heavy atom. The van der Waals surface area contributed by atoms with Gasteiger partial charge < -0.3 is 0 Å². The molecule has 2 aromatic heterocycles. The summed E-state index contributed by atoms with van der Waals surface area (Å²) in [5, 5.41) is 0.817. The lowest BCUT2D eigenvalue weighted by Crippen LogP contribution is -2.33. The van der Waals surface area contributed by atoms with Crippen molar-refractivity contribution in [1.29, 1.82) is 0 Å². The van der Waals surface area contributed by atoms with Crippen molar-refractivity contribution in [3.8, 4) is 0 Å². The van der Waals surface area contributed by atoms with Gasteiger partial charge in [0.25, 0.3) is 10.0 Å². The van der Waals surface area contributed by atoms with Crippen LogP contribution in [0.25, 0.3) is 10.2 Å². The zero-order valence-electron chi connectivity index (χ0n) is 11.0. The van der Waals surface area contributed by atoms with Crippen LogP contribution in [0.5, 0.6) is 0 Å². The number of hydrogen-bond donors (Lipinski definition) is 1. The Labute approximate surface area is 116 Å². The van der Waals surface area contributed by atoms with E-state index in [0.29, 0.717) is 10.0 Å². The summed E-state index contributed by atoms with van der Waals surface area (Å²) < 4.78 is 27.7. The molecule has 0 spiro atoms. The molecule has 1 saturated carbocycles. The maximum atomic E-state index is 12.3. The summed E-state index contributed by atoms with van der Waals surface area (Å²) >= 11 is 1.20. The maximum absolute atomic E-state index is 12.3. The smallest absolute Gasteiger partial charge is 0.238 e. The fourth-order valence-corrected chi connectivity index (χ4v) is 4.86. The summed E-state index contributed by atoms with van der Waals surface area (Å²) in [4.78, 5) is 9.29. The third kappa shape index (κ3) is 2.37. The first-order valence-electron chi connectivity index (χ1n) is 6.08. The van der Waals surface area contributed by atoms with Gasteiger partial charge in [-0.05, 0) is 39.7 Å². The van der Waals surface area contributed by atoms with E-state index in [1.54, 1.807) is 6.07 Å². The van der Waals surface area contributed by atoms with Crippen molar-refractivity contribution in [1.82, 2.24) is 14.7 Å². The zero-order chi connectivity index (χ0) is 13.8. The van der Waals surface area contributed by atoms with Crippen LogP contribution >= 0.6 is 11.3 Å². The zero-order valence-corrected chi connectivity index (χ0v) is 12.7. The normalized spacial score (nSPS) is 17.8. The van der Waals surface area contributed by atoms with Crippen LogP contribution in [0.2, 0.25) is 0 Å². The fourth-order valence-electron chi connectivity index (χ4n) is 1.97. The quantitative estimate of drug-likeness (QED) is 0.942. The first-order chi connectivity index (χ1) is 8.79. The lowest BCUT2D eigenvalue weighted by molar-refractivity contribution is 0.560. The van der Waals surface area contributed by atoms with E-state index in [-0.39, 0.29) is 5.54 Å². The maximum Gasteiger partial charge on any atom is 0.250 e. The summed E-state index contributed by atoms with van der Waals surface area (Å²) in [6.07, 6.45) is 1.80. The molecule has 3 rings (SSSR count). The molecule has 0 bridgehead atoms. The molecule has 0 amide bonds. The molecule has 2 heterocycles. The van der Waals surface area contributed by atoms with Crippen molar-refractivity contribution in [2.45, 2.75) is 43.4 Å². The van der Waals surface area contributed by atoms with Crippen molar-refractivity contribution >= 4 is 31.6 Å². The molecule has 1 aliphatic carbocycles. The van der Waals surface area contributed by atoms with Crippen LogP contribution < -0.4 is 4.72 Å². The van der Waals surface area contributed by atoms with Gasteiger partial charge in [0.15, 0.2) is 0 Å². The summed E-state index contributed by atoms with van der Waals surface area (Å²) in [6, 6.07) is 1.67. The van der Waals surface area contributed by atoms with E-state index in [0.717, 1.165) is 28.8 Å². The largest absolute Gasteiger partial charge is 0.250 e. The van der Waals surface area contributed by atoms with Crippen LogP contribution in [0.3, 0.4) is 0 Å². The Morgan fingerprint density at radius 3 is 2.63 bits per heavy atom. The predicted octanol–water partition coefficient (Wildman–Crippen LogP) is 2.14. The standard InChI is InChI=1S/C12H15N3O2S2/c1-7-9-6-10(18-11(9)14-8(2)13-7)19(16,17)15-12(3)4-5-12/h6,15H,4-5H2,1-3H3. The van der Waals surface area contributed by atoms with Gasteiger partial charge in [0.05, 0.1) is 0 Å². The molecule has 19 heavy (non-hydrogen) atoms. The summed E-state index contributed by atoms with van der Waals surface area (Å²) in [6.45, 7) is 5.60. The van der Waals surface area contributed by atoms with E-state index in [4.69, 9.17) is 0 Å². The summed E-state index contributed by atoms with van der Waals surface area (Å²) in [5.74, 6) is 0.665. The molecular weight excluding hydrogens is 282 g/mol. The lowest BCUT2D eigenvalue weighted by atomic mass is 10.3. The van der Waals surface area contributed by atoms with Gasteiger partial charge in [0, 0.05) is 16.6 Å². The molecule has 0 atom stereocenters. The van der Waals surface area contributed by atoms with Gasteiger partial charge >= 0.3 is 0 Å². The van der Waals surface area contributed by atoms with Crippen LogP contribution in [0.1, 0.15) is 31.3 Å². The molecular formula is C12H15N3O2S2. The number of sulfonamides is 1. The van der Waals surface area contributed by atoms with Gasteiger partial charge in [-0.1, -0.05) is 0 Å². The number of aromatic nitrogens is 2. The number of aryl methyl sites for hydroxylation is 2. The fraction of sp³-hybridized carbons (Fsp3) is 0.500. The average molecular weight is 297 g/mol. The van der Waals surface area contributed by atoms with Gasteiger partial charge in [-0.25, -0.2) is 23.1 Å². The van der Waals surface area contributed by atoms with E-state index in [1.165, 1.54) is 11.3 Å². The molecule has 0 radical (unpaired) electrons. The third-order valence-corrected chi connectivity index (χ3v) is 6.46. The molecule has 0 aromatic carbocycles. The molecule has 0 aliphatic heterocycles. The van der Waals surface area contributed by atoms with Crippen molar-refractivity contribution < 1.29 is 8.42 Å². The Balaban J connectivity index is 2.08. The molecule has 102 valence electrons. The van der Waals surface area contributed by atoms with Gasteiger partial charge in [0.2, 0.25) is 0 Å². The van der Waals surface area contributed by atoms with E-state index in [1.807, 2.05) is 20.8 Å². The van der Waals surface area contributed by atoms with E-state index >= 15 is 0 Å². The van der Waals surface area contributed by atoms with E-state index < -0.39 is 10.0 Å². The highest BCUT2D eigenvalue weighted by Gasteiger charge is 2.41. The van der Waals surface area contributed by atoms with Crippen LogP contribution in [0, 0.1) is 13.8 Å². The minimum Gasteiger partial charge on any atom is -0.238 e. The van der Waals surface area contributed by atoms with E-state index in [2.05, 4.69) is 14.7 Å². The molecule has 1 aliphatic rings. The molecule has 0 unspecified atom stereocenters. The van der Waals surface area contributed by atoms with Crippen LogP contribution in [-0.2, 0) is 10.0 Å². The SMILES string of the molecule is Cc1nc(C)c2cc(S(=O)(=O)NC3(C)CC3)sc2n1. The van der Waals surface area contributed by atoms with Gasteiger partial charge in [-0.2, -0.15) is 0 Å². The number of fused-ring (bicyclic) bond motifs is 1. The minimum absolute atomic E-state index is 0.258. The van der Waals surface area contributed by atoms with E-state index in [9.17, 15) is 8.42 Å². The second-order valence-corrected chi connectivity index (χ2v) is 8.25. The Kier molecular flexibility index (Phi) is 2.71. The molecule has 1 fully saturated rings. The first-order valence-corrected chi connectivity index (χ1v) is 8.38. The number of hydrogen-bond acceptors (Lipinski definition) is 5. The molecule has 1 N–H and O–H groups in total. The highest BCUT2D eigenvalue weighted by atomic mass is 32.2. The van der Waals surface area contributed by atoms with Crippen molar-refractivity contribution in [3.63, 3.8) is 0 Å². The second kappa shape index (κ2) is 3.97. The average Bonchev–Trinajstić information content (AvgIpc) is 2.83. The topological polar surface area (TPSA) is 72.0 Å². The number of thiophene rings is 1. The summed E-state index contributed by atoms with van der Waals surface area (Å²) in [5.41, 5.74) is 0.559. The minimum atomic E-state index is -3.45. The number of rotatable bonds is 3. The second-order valence-electron chi connectivity index (χ2n) is 5.31. The third-order valence-electron chi connectivity index (χ3n) is 3.32. The highest BCUT2D eigenvalue weighted by molar-refractivity contribution is 7.91. The molecule has 7 heteroatoms. The molecule has 2 aromatic rings. The van der Waals surface area contributed by atoms with Crippen molar-refractivity contribution in [2.24, 2.45) is 0 Å². The number of nitrogens with zero attached hydrogens (tertiary/aromatic N) is 2. The van der Waals surface area contributed by atoms with Crippen LogP contribution in [0.4, 0.5) is 0 Å². The first kappa shape index (κ1) is 13.0. The van der Waals surface area contributed by atoms with Gasteiger partial charge in [0.1, 0.15) is 14.9 Å². The van der Waals surface area contributed by atoms with Crippen LogP contribution in [0.15, 0.2) is 10.3 Å². The number of nitrogens with one attached hydrogen (secondary N) is 1. The monoisotopic (exact) mass is 297 g/mol. The molecule has 0 saturated heterocycles. The Hall–Kier alpha value is -1.05. The molecule has 5 nitrogen and oxygen atoms in total. The lowest BCUT2D eigenvalue weighted by Gasteiger charge is -2.09. The van der Waals surface area contributed by atoms with Crippen LogP contribution in [-0.4, -0.2) is 23.9 Å². The highest BCUT2D eigenvalue weighted by Crippen LogP contribution is 2.37. The summed E-state index contributed by atoms with van der Waals surface area (Å²) in [7, 11) is -3.45. The van der Waals surface area contributed by atoms with Gasteiger partial charge in [-0.15, -0.1) is 11.3 Å². The van der Waals surface area contributed by atoms with Crippen molar-refractivity contribution in [3.05, 3.63) is 17.6 Å². The van der Waals surface area contributed by atoms with Crippen molar-refractivity contribution in [2.75, 3.05) is 0 Å². The Bertz CT molecular complexity index is 761. The Morgan fingerprint density at radius 1 is 1.32 bits per heavy atom. The predicted molar refractivity (Wildman–Crippen MR) is 74.8 cm³/mol. The van der Waals surface area contributed by atoms with Gasteiger partial charge in [-0.3, -0.25) is 0 Å².